The highest BCUT2D eigenvalue weighted by Gasteiger charge is 2.19. The van der Waals surface area contributed by atoms with E-state index in [1.165, 1.54) is 12.3 Å². The largest absolute Gasteiger partial charge is 0.465 e. The first kappa shape index (κ1) is 24.9. The summed E-state index contributed by atoms with van der Waals surface area (Å²) in [5.74, 6) is 0.587. The zero-order chi connectivity index (χ0) is 22.7. The van der Waals surface area contributed by atoms with Gasteiger partial charge in [0.1, 0.15) is 17.4 Å². The average molecular weight is 410 g/mol. The van der Waals surface area contributed by atoms with Crippen LogP contribution >= 0.6 is 0 Å². The Kier molecular flexibility index (Phi) is 10.3. The first-order chi connectivity index (χ1) is 14.4. The number of nitrogens with zero attached hydrogens (tertiary/aromatic N) is 2. The molecule has 1 N–H and O–H groups in total. The van der Waals surface area contributed by atoms with Crippen LogP contribution < -0.4 is 4.74 Å². The third-order valence-corrected chi connectivity index (χ3v) is 4.67. The first-order valence-corrected chi connectivity index (χ1v) is 10.4. The van der Waals surface area contributed by atoms with Gasteiger partial charge >= 0.3 is 0 Å². The van der Waals surface area contributed by atoms with Crippen LogP contribution in [0.4, 0.5) is 4.39 Å². The third-order valence-electron chi connectivity index (χ3n) is 4.67. The Balaban J connectivity index is 0.00000218. The maximum absolute atomic E-state index is 14.7. The number of ether oxygens (including phenoxy) is 1. The number of nitriles is 1. The predicted octanol–water partition coefficient (Wildman–Crippen LogP) is 6.09. The van der Waals surface area contributed by atoms with Gasteiger partial charge in [-0.15, -0.1) is 0 Å². The van der Waals surface area contributed by atoms with Crippen molar-refractivity contribution < 1.29 is 9.13 Å². The van der Waals surface area contributed by atoms with Gasteiger partial charge in [-0.1, -0.05) is 32.6 Å². The lowest BCUT2D eigenvalue weighted by molar-refractivity contribution is 0.365. The Morgan fingerprint density at radius 3 is 2.53 bits per heavy atom. The Morgan fingerprint density at radius 2 is 1.97 bits per heavy atom. The van der Waals surface area contributed by atoms with Gasteiger partial charge in [0.2, 0.25) is 0 Å². The highest BCUT2D eigenvalue weighted by Crippen LogP contribution is 2.25. The minimum atomic E-state index is -0.329. The Hall–Kier alpha value is -3.13. The van der Waals surface area contributed by atoms with Crippen molar-refractivity contribution in [2.24, 2.45) is 0 Å². The second-order valence-corrected chi connectivity index (χ2v) is 6.71. The fourth-order valence-corrected chi connectivity index (χ4v) is 3.28. The molecular weight excluding hydrogens is 377 g/mol. The van der Waals surface area contributed by atoms with Crippen LogP contribution in [0.2, 0.25) is 0 Å². The van der Waals surface area contributed by atoms with E-state index in [0.717, 1.165) is 5.56 Å². The van der Waals surface area contributed by atoms with E-state index in [9.17, 15) is 4.39 Å². The van der Waals surface area contributed by atoms with Crippen molar-refractivity contribution in [2.45, 2.75) is 53.5 Å². The summed E-state index contributed by atoms with van der Waals surface area (Å²) in [6.45, 7) is 14.3. The van der Waals surface area contributed by atoms with Gasteiger partial charge in [0.05, 0.1) is 17.9 Å². The molecule has 0 unspecified atom stereocenters. The molecule has 0 bridgehead atoms. The van der Waals surface area contributed by atoms with Crippen LogP contribution in [-0.4, -0.2) is 23.3 Å². The van der Waals surface area contributed by atoms with E-state index in [-0.39, 0.29) is 11.9 Å². The van der Waals surface area contributed by atoms with Crippen LogP contribution in [0.5, 0.6) is 5.75 Å². The molecule has 2 aromatic carbocycles. The fraction of sp³-hybridized carbons (Fsp3) is 0.360. The van der Waals surface area contributed by atoms with Crippen LogP contribution in [0, 0.1) is 22.6 Å². The van der Waals surface area contributed by atoms with Gasteiger partial charge in [0.25, 0.3) is 0 Å². The van der Waals surface area contributed by atoms with E-state index >= 15 is 0 Å². The maximum atomic E-state index is 14.7. The minimum Gasteiger partial charge on any atom is -0.465 e. The molecule has 0 saturated heterocycles. The van der Waals surface area contributed by atoms with Crippen LogP contribution in [0.1, 0.15) is 56.9 Å². The van der Waals surface area contributed by atoms with Gasteiger partial charge in [-0.2, -0.15) is 5.26 Å². The van der Waals surface area contributed by atoms with E-state index in [2.05, 4.69) is 12.6 Å². The number of hydrogen-bond acceptors (Lipinski definition) is 3. The van der Waals surface area contributed by atoms with Gasteiger partial charge in [0, 0.05) is 18.2 Å². The van der Waals surface area contributed by atoms with E-state index in [4.69, 9.17) is 15.4 Å². The molecule has 0 aliphatic heterocycles. The van der Waals surface area contributed by atoms with Gasteiger partial charge in [0.15, 0.2) is 0 Å². The van der Waals surface area contributed by atoms with Crippen LogP contribution in [0.15, 0.2) is 49.2 Å². The monoisotopic (exact) mass is 409 g/mol. The SMILES string of the molecule is C=COc1ccc(C#N)cc1CCc1c(F)cccc1C(=N)N(CC)C(C)C.CC. The van der Waals surface area contributed by atoms with Crippen molar-refractivity contribution in [1.82, 2.24) is 4.90 Å². The Labute approximate surface area is 180 Å². The van der Waals surface area contributed by atoms with Crippen molar-refractivity contribution in [2.75, 3.05) is 6.54 Å². The predicted molar refractivity (Wildman–Crippen MR) is 121 cm³/mol. The fourth-order valence-electron chi connectivity index (χ4n) is 3.28. The molecule has 0 fully saturated rings. The Morgan fingerprint density at radius 1 is 1.27 bits per heavy atom. The van der Waals surface area contributed by atoms with Crippen molar-refractivity contribution in [3.63, 3.8) is 0 Å². The molecule has 4 nitrogen and oxygen atoms in total. The summed E-state index contributed by atoms with van der Waals surface area (Å²) in [5, 5.41) is 17.8. The quantitative estimate of drug-likeness (QED) is 0.326. The van der Waals surface area contributed by atoms with Gasteiger partial charge in [-0.25, -0.2) is 4.39 Å². The summed E-state index contributed by atoms with van der Waals surface area (Å²) in [6.07, 6.45) is 2.20. The van der Waals surface area contributed by atoms with Crippen LogP contribution in [0.3, 0.4) is 0 Å². The molecule has 0 aliphatic carbocycles. The van der Waals surface area contributed by atoms with E-state index < -0.39 is 0 Å². The van der Waals surface area contributed by atoms with Gasteiger partial charge in [-0.05, 0) is 69.0 Å². The van der Waals surface area contributed by atoms with E-state index in [1.54, 1.807) is 30.3 Å². The lowest BCUT2D eigenvalue weighted by Gasteiger charge is -2.29. The molecular formula is C25H32FN3O. The topological polar surface area (TPSA) is 60.1 Å². The van der Waals surface area contributed by atoms with Gasteiger partial charge in [-0.3, -0.25) is 5.41 Å². The molecule has 0 spiro atoms. The lowest BCUT2D eigenvalue weighted by atomic mass is 9.96. The number of aryl methyl sites for hydroxylation is 1. The zero-order valence-corrected chi connectivity index (χ0v) is 18.6. The molecule has 0 radical (unpaired) electrons. The van der Waals surface area contributed by atoms with Crippen LogP contribution in [-0.2, 0) is 12.8 Å². The summed E-state index contributed by atoms with van der Waals surface area (Å²) in [5.41, 5.74) is 2.41. The van der Waals surface area contributed by atoms with E-state index in [0.29, 0.717) is 47.7 Å². The maximum Gasteiger partial charge on any atom is 0.129 e. The molecule has 2 rings (SSSR count). The smallest absolute Gasteiger partial charge is 0.129 e. The highest BCUT2D eigenvalue weighted by molar-refractivity contribution is 5.98. The third kappa shape index (κ3) is 6.18. The highest BCUT2D eigenvalue weighted by atomic mass is 19.1. The number of benzene rings is 2. The summed E-state index contributed by atoms with van der Waals surface area (Å²) in [6, 6.07) is 12.3. The molecule has 0 heterocycles. The van der Waals surface area contributed by atoms with Crippen LogP contribution in [0.25, 0.3) is 0 Å². The lowest BCUT2D eigenvalue weighted by Crippen LogP contribution is -2.37. The zero-order valence-electron chi connectivity index (χ0n) is 18.6. The summed E-state index contributed by atoms with van der Waals surface area (Å²) in [4.78, 5) is 1.93. The molecule has 2 aromatic rings. The summed E-state index contributed by atoms with van der Waals surface area (Å²) in [7, 11) is 0. The van der Waals surface area contributed by atoms with Crippen molar-refractivity contribution >= 4 is 5.84 Å². The number of nitrogens with one attached hydrogen (secondary N) is 1. The molecule has 5 heteroatoms. The molecule has 0 saturated carbocycles. The minimum absolute atomic E-state index is 0.147. The molecule has 0 aliphatic rings. The molecule has 160 valence electrons. The summed E-state index contributed by atoms with van der Waals surface area (Å²) >= 11 is 0. The number of rotatable bonds is 8. The first-order valence-electron chi connectivity index (χ1n) is 10.4. The average Bonchev–Trinajstić information content (AvgIpc) is 2.75. The second-order valence-electron chi connectivity index (χ2n) is 6.71. The molecule has 0 aromatic heterocycles. The number of halogens is 1. The second kappa shape index (κ2) is 12.4. The van der Waals surface area contributed by atoms with Crippen molar-refractivity contribution in [3.8, 4) is 11.8 Å². The van der Waals surface area contributed by atoms with Gasteiger partial charge < -0.3 is 9.64 Å². The molecule has 0 amide bonds. The van der Waals surface area contributed by atoms with E-state index in [1.807, 2.05) is 39.5 Å². The standard InChI is InChI=1S/C23H26FN3O.C2H6/c1-5-27(16(3)4)23(26)20-8-7-9-21(24)19(20)12-11-18-14-17(15-25)10-13-22(18)28-6-2;1-2/h6-10,13-14,16,26H,2,5,11-12H2,1,3-4H3;1-2H3. The normalized spacial score (nSPS) is 9.93. The Bertz CT molecular complexity index is 900. The van der Waals surface area contributed by atoms with Crippen molar-refractivity contribution in [1.29, 1.82) is 10.7 Å². The van der Waals surface area contributed by atoms with Crippen molar-refractivity contribution in [3.05, 3.63) is 77.3 Å². The summed E-state index contributed by atoms with van der Waals surface area (Å²) < 4.78 is 20.1. The number of amidine groups is 1. The molecule has 30 heavy (non-hydrogen) atoms. The molecule has 0 atom stereocenters. The number of hydrogen-bond donors (Lipinski definition) is 1.